The molecular weight excluding hydrogens is 314 g/mol. The summed E-state index contributed by atoms with van der Waals surface area (Å²) in [7, 11) is 0. The molecule has 5 heteroatoms. The number of rotatable bonds is 4. The lowest BCUT2D eigenvalue weighted by molar-refractivity contribution is -0.117. The van der Waals surface area contributed by atoms with Gasteiger partial charge in [-0.1, -0.05) is 26.0 Å². The molecule has 5 nitrogen and oxygen atoms in total. The van der Waals surface area contributed by atoms with Crippen molar-refractivity contribution in [2.75, 3.05) is 18.0 Å². The van der Waals surface area contributed by atoms with Crippen LogP contribution in [0.5, 0.6) is 0 Å². The molecule has 1 aromatic heterocycles. The number of aryl methyl sites for hydroxylation is 1. The number of carbonyl (C=O) groups is 2. The Morgan fingerprint density at radius 2 is 2.12 bits per heavy atom. The van der Waals surface area contributed by atoms with Crippen LogP contribution in [-0.4, -0.2) is 29.9 Å². The molecule has 2 amide bonds. The van der Waals surface area contributed by atoms with Crippen LogP contribution in [0.25, 0.3) is 0 Å². The van der Waals surface area contributed by atoms with E-state index in [1.807, 2.05) is 6.07 Å². The van der Waals surface area contributed by atoms with Crippen LogP contribution >= 0.6 is 0 Å². The number of benzene rings is 1. The lowest BCUT2D eigenvalue weighted by atomic mass is 9.95. The van der Waals surface area contributed by atoms with E-state index in [2.05, 4.69) is 36.3 Å². The number of fused-ring (bicyclic) bond motifs is 1. The van der Waals surface area contributed by atoms with Crippen molar-refractivity contribution in [1.82, 2.24) is 10.3 Å². The standard InChI is InChI=1S/C20H23N3O2/c1-14(2)15-7-8-18-16(11-15)6-4-10-23(18)19(24)13-22-20(25)17-5-3-9-21-12-17/h3,5,7-9,11-12,14H,4,6,10,13H2,1-2H3,(H,22,25). The van der Waals surface area contributed by atoms with Crippen molar-refractivity contribution in [2.24, 2.45) is 0 Å². The Labute approximate surface area is 148 Å². The summed E-state index contributed by atoms with van der Waals surface area (Å²) in [5, 5.41) is 2.69. The monoisotopic (exact) mass is 337 g/mol. The van der Waals surface area contributed by atoms with Crippen LogP contribution in [0.15, 0.2) is 42.7 Å². The second-order valence-electron chi connectivity index (χ2n) is 6.62. The molecule has 0 fully saturated rings. The third-order valence-corrected chi connectivity index (χ3v) is 4.51. The zero-order chi connectivity index (χ0) is 17.8. The zero-order valence-corrected chi connectivity index (χ0v) is 14.7. The normalized spacial score (nSPS) is 13.5. The van der Waals surface area contributed by atoms with E-state index >= 15 is 0 Å². The maximum Gasteiger partial charge on any atom is 0.253 e. The molecule has 0 bridgehead atoms. The van der Waals surface area contributed by atoms with Gasteiger partial charge < -0.3 is 10.2 Å². The van der Waals surface area contributed by atoms with Gasteiger partial charge in [0, 0.05) is 24.6 Å². The summed E-state index contributed by atoms with van der Waals surface area (Å²) < 4.78 is 0. The Kier molecular flexibility index (Phi) is 5.12. The quantitative estimate of drug-likeness (QED) is 0.933. The molecule has 3 rings (SSSR count). The molecule has 0 saturated carbocycles. The number of anilines is 1. The van der Waals surface area contributed by atoms with E-state index in [0.717, 1.165) is 18.5 Å². The Morgan fingerprint density at radius 3 is 2.84 bits per heavy atom. The number of carbonyl (C=O) groups excluding carboxylic acids is 2. The first-order chi connectivity index (χ1) is 12.1. The summed E-state index contributed by atoms with van der Waals surface area (Å²) >= 11 is 0. The van der Waals surface area contributed by atoms with Crippen molar-refractivity contribution in [2.45, 2.75) is 32.6 Å². The first-order valence-corrected chi connectivity index (χ1v) is 8.67. The lowest BCUT2D eigenvalue weighted by Crippen LogP contribution is -2.42. The molecule has 1 aliphatic heterocycles. The molecule has 130 valence electrons. The predicted octanol–water partition coefficient (Wildman–Crippen LogP) is 2.91. The molecule has 25 heavy (non-hydrogen) atoms. The highest BCUT2D eigenvalue weighted by Gasteiger charge is 2.23. The second kappa shape index (κ2) is 7.47. The molecule has 0 spiro atoms. The SMILES string of the molecule is CC(C)c1ccc2c(c1)CCCN2C(=O)CNC(=O)c1cccnc1. The molecule has 0 radical (unpaired) electrons. The predicted molar refractivity (Wildman–Crippen MR) is 97.8 cm³/mol. The molecule has 0 saturated heterocycles. The minimum Gasteiger partial charge on any atom is -0.343 e. The van der Waals surface area contributed by atoms with Gasteiger partial charge in [0.25, 0.3) is 5.91 Å². The van der Waals surface area contributed by atoms with Crippen molar-refractivity contribution in [3.63, 3.8) is 0 Å². The zero-order valence-electron chi connectivity index (χ0n) is 14.7. The number of hydrogen-bond donors (Lipinski definition) is 1. The van der Waals surface area contributed by atoms with Gasteiger partial charge in [0.1, 0.15) is 0 Å². The average molecular weight is 337 g/mol. The summed E-state index contributed by atoms with van der Waals surface area (Å²) in [6, 6.07) is 9.70. The topological polar surface area (TPSA) is 62.3 Å². The lowest BCUT2D eigenvalue weighted by Gasteiger charge is -2.30. The van der Waals surface area contributed by atoms with Crippen molar-refractivity contribution in [3.05, 3.63) is 59.4 Å². The van der Waals surface area contributed by atoms with Gasteiger partial charge in [0.05, 0.1) is 12.1 Å². The summed E-state index contributed by atoms with van der Waals surface area (Å²) in [6.45, 7) is 5.01. The molecule has 2 heterocycles. The largest absolute Gasteiger partial charge is 0.343 e. The van der Waals surface area contributed by atoms with Gasteiger partial charge >= 0.3 is 0 Å². The Hall–Kier alpha value is -2.69. The fourth-order valence-corrected chi connectivity index (χ4v) is 3.09. The van der Waals surface area contributed by atoms with E-state index in [9.17, 15) is 9.59 Å². The van der Waals surface area contributed by atoms with Crippen LogP contribution < -0.4 is 10.2 Å². The van der Waals surface area contributed by atoms with Gasteiger partial charge in [-0.15, -0.1) is 0 Å². The van der Waals surface area contributed by atoms with Crippen LogP contribution in [0.3, 0.4) is 0 Å². The van der Waals surface area contributed by atoms with Crippen molar-refractivity contribution >= 4 is 17.5 Å². The van der Waals surface area contributed by atoms with Crippen LogP contribution in [0, 0.1) is 0 Å². The Morgan fingerprint density at radius 1 is 1.28 bits per heavy atom. The maximum atomic E-state index is 12.6. The van der Waals surface area contributed by atoms with Crippen LogP contribution in [-0.2, 0) is 11.2 Å². The van der Waals surface area contributed by atoms with E-state index < -0.39 is 0 Å². The van der Waals surface area contributed by atoms with E-state index in [-0.39, 0.29) is 18.4 Å². The third-order valence-electron chi connectivity index (χ3n) is 4.51. The highest BCUT2D eigenvalue weighted by atomic mass is 16.2. The fraction of sp³-hybridized carbons (Fsp3) is 0.350. The van der Waals surface area contributed by atoms with E-state index in [1.54, 1.807) is 23.2 Å². The maximum absolute atomic E-state index is 12.6. The summed E-state index contributed by atoms with van der Waals surface area (Å²) in [6.07, 6.45) is 5.03. The molecule has 0 atom stereocenters. The summed E-state index contributed by atoms with van der Waals surface area (Å²) in [4.78, 5) is 30.4. The number of hydrogen-bond acceptors (Lipinski definition) is 3. The number of aromatic nitrogens is 1. The van der Waals surface area contributed by atoms with Crippen LogP contribution in [0.1, 0.15) is 47.7 Å². The number of amides is 2. The molecule has 1 N–H and O–H groups in total. The molecule has 0 unspecified atom stereocenters. The molecular formula is C20H23N3O2. The first-order valence-electron chi connectivity index (χ1n) is 8.67. The van der Waals surface area contributed by atoms with E-state index in [4.69, 9.17) is 0 Å². The highest BCUT2D eigenvalue weighted by molar-refractivity contribution is 6.00. The van der Waals surface area contributed by atoms with Gasteiger partial charge in [-0.2, -0.15) is 0 Å². The molecule has 1 aromatic carbocycles. The van der Waals surface area contributed by atoms with E-state index in [0.29, 0.717) is 18.0 Å². The molecule has 1 aliphatic rings. The molecule has 0 aliphatic carbocycles. The third kappa shape index (κ3) is 3.87. The second-order valence-corrected chi connectivity index (χ2v) is 6.62. The van der Waals surface area contributed by atoms with Gasteiger partial charge in [-0.3, -0.25) is 14.6 Å². The highest BCUT2D eigenvalue weighted by Crippen LogP contribution is 2.30. The van der Waals surface area contributed by atoms with Crippen LogP contribution in [0.2, 0.25) is 0 Å². The minimum absolute atomic E-state index is 0.0148. The van der Waals surface area contributed by atoms with Crippen molar-refractivity contribution in [1.29, 1.82) is 0 Å². The number of nitrogens with one attached hydrogen (secondary N) is 1. The van der Waals surface area contributed by atoms with Crippen LogP contribution in [0.4, 0.5) is 5.69 Å². The Bertz CT molecular complexity index is 772. The Balaban J connectivity index is 1.69. The smallest absolute Gasteiger partial charge is 0.253 e. The van der Waals surface area contributed by atoms with Crippen molar-refractivity contribution < 1.29 is 9.59 Å². The van der Waals surface area contributed by atoms with Gasteiger partial charge in [-0.25, -0.2) is 0 Å². The summed E-state index contributed by atoms with van der Waals surface area (Å²) in [5.41, 5.74) is 3.93. The van der Waals surface area contributed by atoms with Gasteiger partial charge in [0.2, 0.25) is 5.91 Å². The number of nitrogens with zero attached hydrogens (tertiary/aromatic N) is 2. The number of pyridine rings is 1. The molecule has 2 aromatic rings. The van der Waals surface area contributed by atoms with Crippen molar-refractivity contribution in [3.8, 4) is 0 Å². The minimum atomic E-state index is -0.283. The van der Waals surface area contributed by atoms with E-state index in [1.165, 1.54) is 17.3 Å². The summed E-state index contributed by atoms with van der Waals surface area (Å²) in [5.74, 6) is 0.0967. The van der Waals surface area contributed by atoms with Gasteiger partial charge in [0.15, 0.2) is 0 Å². The average Bonchev–Trinajstić information content (AvgIpc) is 2.65. The first kappa shape index (κ1) is 17.1. The fourth-order valence-electron chi connectivity index (χ4n) is 3.09. The van der Waals surface area contributed by atoms with Gasteiger partial charge in [-0.05, 0) is 48.1 Å².